The van der Waals surface area contributed by atoms with Crippen molar-refractivity contribution in [3.63, 3.8) is 0 Å². The number of halogens is 4. The first-order chi connectivity index (χ1) is 15.9. The highest BCUT2D eigenvalue weighted by atomic mass is 19.4. The van der Waals surface area contributed by atoms with Crippen LogP contribution in [0.25, 0.3) is 10.9 Å². The molecular formula is C23H23F4N3O4. The molecule has 1 aliphatic carbocycles. The summed E-state index contributed by atoms with van der Waals surface area (Å²) in [5, 5.41) is 11.9. The van der Waals surface area contributed by atoms with Crippen LogP contribution in [0.3, 0.4) is 0 Å². The Hall–Kier alpha value is -3.11. The van der Waals surface area contributed by atoms with Crippen LogP contribution in [0, 0.1) is 11.7 Å². The Kier molecular flexibility index (Phi) is 4.96. The number of anilines is 1. The standard InChI is InChI=1S/C23H23F4N3O4/c1-11-2-3-14-17-12(8-15(20(32)33)19(31)30(11)17)9-16(24)18(14)29-7-4-13(10-29)22(5-6-22)28-21(34)23(25,26)27/h8-9,11,13H,2-7,10H2,1H3,(H,28,34)(H,32,33)/t11?,13-/m1/s1. The number of rotatable bonds is 4. The lowest BCUT2D eigenvalue weighted by Gasteiger charge is -2.31. The van der Waals surface area contributed by atoms with Crippen LogP contribution < -0.4 is 15.8 Å². The number of carboxylic acid groups (broad SMARTS) is 1. The number of hydrogen-bond acceptors (Lipinski definition) is 4. The van der Waals surface area contributed by atoms with Crippen molar-refractivity contribution in [1.82, 2.24) is 9.88 Å². The van der Waals surface area contributed by atoms with E-state index in [4.69, 9.17) is 0 Å². The highest BCUT2D eigenvalue weighted by Crippen LogP contribution is 2.48. The van der Waals surface area contributed by atoms with Gasteiger partial charge in [-0.15, -0.1) is 0 Å². The molecular weight excluding hydrogens is 458 g/mol. The smallest absolute Gasteiger partial charge is 0.471 e. The third-order valence-electron chi connectivity index (χ3n) is 7.52. The molecule has 34 heavy (non-hydrogen) atoms. The molecule has 1 aromatic heterocycles. The maximum absolute atomic E-state index is 15.4. The van der Waals surface area contributed by atoms with E-state index in [-0.39, 0.29) is 18.5 Å². The SMILES string of the molecule is CC1CCc2c(N3CC[C@@H](C4(NC(=O)C(F)(F)F)CC4)C3)c(F)cc3cc(C(=O)O)c(=O)n1c23. The van der Waals surface area contributed by atoms with E-state index in [2.05, 4.69) is 5.32 Å². The molecule has 2 aliphatic heterocycles. The van der Waals surface area contributed by atoms with Crippen LogP contribution in [-0.2, 0) is 11.2 Å². The van der Waals surface area contributed by atoms with Gasteiger partial charge in [-0.25, -0.2) is 9.18 Å². The van der Waals surface area contributed by atoms with Gasteiger partial charge in [0.1, 0.15) is 11.4 Å². The molecule has 1 aromatic carbocycles. The first-order valence-corrected chi connectivity index (χ1v) is 11.2. The molecule has 1 amide bonds. The minimum atomic E-state index is -4.96. The first kappa shape index (κ1) is 22.7. The first-order valence-electron chi connectivity index (χ1n) is 11.2. The molecule has 2 fully saturated rings. The van der Waals surface area contributed by atoms with Crippen LogP contribution in [0.15, 0.2) is 16.9 Å². The predicted molar refractivity (Wildman–Crippen MR) is 115 cm³/mol. The van der Waals surface area contributed by atoms with E-state index in [0.717, 1.165) is 0 Å². The van der Waals surface area contributed by atoms with Crippen molar-refractivity contribution >= 4 is 28.5 Å². The van der Waals surface area contributed by atoms with Gasteiger partial charge in [0.15, 0.2) is 0 Å². The number of pyridine rings is 1. The molecule has 0 bridgehead atoms. The maximum atomic E-state index is 15.4. The lowest BCUT2D eigenvalue weighted by atomic mass is 9.93. The molecule has 2 aromatic rings. The third kappa shape index (κ3) is 3.43. The van der Waals surface area contributed by atoms with E-state index in [0.29, 0.717) is 60.8 Å². The fourth-order valence-corrected chi connectivity index (χ4v) is 5.66. The number of benzene rings is 1. The number of aromatic nitrogens is 1. The molecule has 0 spiro atoms. The Morgan fingerprint density at radius 3 is 2.53 bits per heavy atom. The Morgan fingerprint density at radius 1 is 1.21 bits per heavy atom. The van der Waals surface area contributed by atoms with Gasteiger partial charge in [0, 0.05) is 41.5 Å². The number of carbonyl (C=O) groups excluding carboxylic acids is 1. The highest BCUT2D eigenvalue weighted by Gasteiger charge is 2.55. The summed E-state index contributed by atoms with van der Waals surface area (Å²) >= 11 is 0. The van der Waals surface area contributed by atoms with Crippen molar-refractivity contribution in [2.75, 3.05) is 18.0 Å². The molecule has 3 aliphatic rings. The number of amides is 1. The normalized spacial score (nSPS) is 23.3. The Morgan fingerprint density at radius 2 is 1.91 bits per heavy atom. The van der Waals surface area contributed by atoms with E-state index < -0.39 is 40.5 Å². The summed E-state index contributed by atoms with van der Waals surface area (Å²) in [4.78, 5) is 37.8. The van der Waals surface area contributed by atoms with Crippen LogP contribution in [0.5, 0.6) is 0 Å². The van der Waals surface area contributed by atoms with E-state index in [9.17, 15) is 32.7 Å². The number of aromatic carboxylic acids is 1. The van der Waals surface area contributed by atoms with Gasteiger partial charge < -0.3 is 19.9 Å². The summed E-state index contributed by atoms with van der Waals surface area (Å²) in [5.74, 6) is -4.16. The average Bonchev–Trinajstić information content (AvgIpc) is 3.36. The summed E-state index contributed by atoms with van der Waals surface area (Å²) < 4.78 is 55.2. The second-order valence-corrected chi connectivity index (χ2v) is 9.59. The molecule has 3 heterocycles. The van der Waals surface area contributed by atoms with Crippen LogP contribution in [0.4, 0.5) is 23.2 Å². The topological polar surface area (TPSA) is 91.6 Å². The fraction of sp³-hybridized carbons (Fsp3) is 0.522. The third-order valence-corrected chi connectivity index (χ3v) is 7.52. The molecule has 1 unspecified atom stereocenters. The van der Waals surface area contributed by atoms with E-state index in [1.807, 2.05) is 6.92 Å². The summed E-state index contributed by atoms with van der Waals surface area (Å²) in [7, 11) is 0. The summed E-state index contributed by atoms with van der Waals surface area (Å²) in [6.45, 7) is 2.49. The minimum Gasteiger partial charge on any atom is -0.477 e. The van der Waals surface area contributed by atoms with Crippen LogP contribution in [0.1, 0.15) is 54.6 Å². The number of carbonyl (C=O) groups is 2. The molecule has 2 N–H and O–H groups in total. The molecule has 1 saturated carbocycles. The van der Waals surface area contributed by atoms with Crippen molar-refractivity contribution in [1.29, 1.82) is 0 Å². The van der Waals surface area contributed by atoms with E-state index in [1.165, 1.54) is 16.7 Å². The molecule has 7 nitrogen and oxygen atoms in total. The number of aryl methyl sites for hydroxylation is 1. The van der Waals surface area contributed by atoms with Crippen molar-refractivity contribution in [3.8, 4) is 0 Å². The zero-order valence-corrected chi connectivity index (χ0v) is 18.3. The second kappa shape index (κ2) is 7.44. The fourth-order valence-electron chi connectivity index (χ4n) is 5.66. The lowest BCUT2D eigenvalue weighted by molar-refractivity contribution is -0.175. The number of alkyl halides is 3. The van der Waals surface area contributed by atoms with Crippen molar-refractivity contribution in [3.05, 3.63) is 39.4 Å². The van der Waals surface area contributed by atoms with Crippen molar-refractivity contribution < 1.29 is 32.3 Å². The molecule has 0 radical (unpaired) electrons. The molecule has 1 saturated heterocycles. The Labute approximate surface area is 191 Å². The molecule has 5 rings (SSSR count). The van der Waals surface area contributed by atoms with E-state index in [1.54, 1.807) is 4.90 Å². The summed E-state index contributed by atoms with van der Waals surface area (Å²) in [6, 6.07) is 2.16. The zero-order valence-electron chi connectivity index (χ0n) is 18.3. The average molecular weight is 481 g/mol. The van der Waals surface area contributed by atoms with Gasteiger partial charge in [-0.1, -0.05) is 0 Å². The van der Waals surface area contributed by atoms with Gasteiger partial charge in [0.05, 0.1) is 11.2 Å². The number of hydrogen-bond donors (Lipinski definition) is 2. The van der Waals surface area contributed by atoms with Gasteiger partial charge in [-0.05, 0) is 51.2 Å². The highest BCUT2D eigenvalue weighted by molar-refractivity contribution is 5.95. The molecule has 11 heteroatoms. The van der Waals surface area contributed by atoms with Crippen molar-refractivity contribution in [2.45, 2.75) is 56.8 Å². The van der Waals surface area contributed by atoms with E-state index >= 15 is 4.39 Å². The Bertz CT molecular complexity index is 1280. The largest absolute Gasteiger partial charge is 0.477 e. The van der Waals surface area contributed by atoms with Gasteiger partial charge in [-0.2, -0.15) is 13.2 Å². The van der Waals surface area contributed by atoms with Gasteiger partial charge in [-0.3, -0.25) is 9.59 Å². The van der Waals surface area contributed by atoms with Crippen LogP contribution in [0.2, 0.25) is 0 Å². The van der Waals surface area contributed by atoms with Crippen LogP contribution in [-0.4, -0.2) is 46.4 Å². The predicted octanol–water partition coefficient (Wildman–Crippen LogP) is 3.38. The molecule has 2 atom stereocenters. The monoisotopic (exact) mass is 481 g/mol. The maximum Gasteiger partial charge on any atom is 0.471 e. The lowest BCUT2D eigenvalue weighted by Crippen LogP contribution is -2.49. The summed E-state index contributed by atoms with van der Waals surface area (Å²) in [5.41, 5.74) is -0.587. The van der Waals surface area contributed by atoms with Gasteiger partial charge in [0.2, 0.25) is 0 Å². The second-order valence-electron chi connectivity index (χ2n) is 9.59. The minimum absolute atomic E-state index is 0.264. The number of nitrogens with one attached hydrogen (secondary N) is 1. The number of nitrogens with zero attached hydrogens (tertiary/aromatic N) is 2. The summed E-state index contributed by atoms with van der Waals surface area (Å²) in [6.07, 6.45) is -2.59. The Balaban J connectivity index is 1.53. The van der Waals surface area contributed by atoms with Crippen LogP contribution >= 0.6 is 0 Å². The van der Waals surface area contributed by atoms with Crippen molar-refractivity contribution in [2.24, 2.45) is 5.92 Å². The van der Waals surface area contributed by atoms with Gasteiger partial charge >= 0.3 is 18.1 Å². The zero-order chi connectivity index (χ0) is 24.6. The quantitative estimate of drug-likeness (QED) is 0.654. The number of carboxylic acids is 1. The van der Waals surface area contributed by atoms with Gasteiger partial charge in [0.25, 0.3) is 5.56 Å². The molecule has 182 valence electrons.